The van der Waals surface area contributed by atoms with E-state index in [0.29, 0.717) is 24.1 Å². The third-order valence-corrected chi connectivity index (χ3v) is 5.14. The van der Waals surface area contributed by atoms with E-state index in [9.17, 15) is 4.79 Å². The van der Waals surface area contributed by atoms with Crippen LogP contribution in [0.15, 0.2) is 58.7 Å². The van der Waals surface area contributed by atoms with E-state index >= 15 is 0 Å². The van der Waals surface area contributed by atoms with Gasteiger partial charge in [-0.15, -0.1) is 0 Å². The lowest BCUT2D eigenvalue weighted by Gasteiger charge is -2.15. The maximum atomic E-state index is 12.0. The molecule has 2 atom stereocenters. The highest BCUT2D eigenvalue weighted by molar-refractivity contribution is 5.68. The van der Waals surface area contributed by atoms with Crippen molar-refractivity contribution in [3.63, 3.8) is 0 Å². The highest BCUT2D eigenvalue weighted by Crippen LogP contribution is 2.31. The zero-order chi connectivity index (χ0) is 21.6. The molecule has 1 aliphatic carbocycles. The van der Waals surface area contributed by atoms with Crippen LogP contribution in [-0.2, 0) is 0 Å². The predicted molar refractivity (Wildman–Crippen MR) is 117 cm³/mol. The molecule has 0 spiro atoms. The molecule has 1 saturated carbocycles. The molecule has 160 valence electrons. The van der Waals surface area contributed by atoms with E-state index < -0.39 is 0 Å². The lowest BCUT2D eigenvalue weighted by atomic mass is 10.2. The van der Waals surface area contributed by atoms with Gasteiger partial charge in [-0.05, 0) is 56.5 Å². The molecule has 10 heteroatoms. The summed E-state index contributed by atoms with van der Waals surface area (Å²) < 4.78 is 7.00. The average molecular weight is 420 g/mol. The summed E-state index contributed by atoms with van der Waals surface area (Å²) >= 11 is 0. The van der Waals surface area contributed by atoms with Crippen molar-refractivity contribution in [2.24, 2.45) is 5.11 Å². The van der Waals surface area contributed by atoms with E-state index in [1.807, 2.05) is 31.2 Å². The Hall–Kier alpha value is -3.82. The second-order valence-electron chi connectivity index (χ2n) is 7.24. The van der Waals surface area contributed by atoms with Gasteiger partial charge in [-0.3, -0.25) is 4.79 Å². The number of hydrogen-bond acceptors (Lipinski definition) is 9. The van der Waals surface area contributed by atoms with Crippen LogP contribution in [-0.4, -0.2) is 32.4 Å². The monoisotopic (exact) mass is 420 g/mol. The zero-order valence-corrected chi connectivity index (χ0v) is 17.2. The number of nitrogens with zero attached hydrogens (tertiary/aromatic N) is 5. The minimum absolute atomic E-state index is 0.0511. The molecule has 31 heavy (non-hydrogen) atoms. The molecule has 1 fully saturated rings. The lowest BCUT2D eigenvalue weighted by Crippen LogP contribution is -2.26. The fourth-order valence-electron chi connectivity index (χ4n) is 3.69. The van der Waals surface area contributed by atoms with Gasteiger partial charge in [0.05, 0.1) is 18.8 Å². The molecule has 2 aromatic heterocycles. The van der Waals surface area contributed by atoms with Crippen molar-refractivity contribution in [3.05, 3.63) is 59.1 Å². The standard InChI is InChI=1S/C21H24N8O2/c1-2-31-17-9-6-14(7-10-17)25-20-18(28-22)13-23-21(27-20)26-15-5-8-16(12-15)29-19(30)4-3-11-24-29/h3-4,6-7,9-11,13,15-16,22H,2,5,8,12H2,1H3,(H2,23,25,26,27)/t15-,16-/m1/s1. The first-order chi connectivity index (χ1) is 15.2. The quantitative estimate of drug-likeness (QED) is 0.469. The number of anilines is 3. The van der Waals surface area contributed by atoms with Gasteiger partial charge < -0.3 is 15.4 Å². The highest BCUT2D eigenvalue weighted by Gasteiger charge is 2.27. The normalized spacial score (nSPS) is 17.8. The van der Waals surface area contributed by atoms with Crippen LogP contribution >= 0.6 is 0 Å². The Kier molecular flexibility index (Phi) is 6.16. The fraction of sp³-hybridized carbons (Fsp3) is 0.333. The van der Waals surface area contributed by atoms with Crippen molar-refractivity contribution in [2.75, 3.05) is 17.2 Å². The van der Waals surface area contributed by atoms with Crippen molar-refractivity contribution in [1.82, 2.24) is 19.7 Å². The lowest BCUT2D eigenvalue weighted by molar-refractivity contribution is 0.340. The minimum atomic E-state index is -0.0901. The van der Waals surface area contributed by atoms with Gasteiger partial charge in [0.25, 0.3) is 5.56 Å². The van der Waals surface area contributed by atoms with Gasteiger partial charge in [0, 0.05) is 24.0 Å². The van der Waals surface area contributed by atoms with Gasteiger partial charge in [-0.2, -0.15) is 15.2 Å². The first-order valence-electron chi connectivity index (χ1n) is 10.2. The second kappa shape index (κ2) is 9.33. The Morgan fingerprint density at radius 3 is 2.84 bits per heavy atom. The number of hydrogen-bond donors (Lipinski definition) is 3. The van der Waals surface area contributed by atoms with Crippen LogP contribution in [0.2, 0.25) is 0 Å². The fourth-order valence-corrected chi connectivity index (χ4v) is 3.69. The van der Waals surface area contributed by atoms with E-state index in [0.717, 1.165) is 30.7 Å². The molecule has 0 aliphatic heterocycles. The van der Waals surface area contributed by atoms with Crippen molar-refractivity contribution >= 4 is 23.1 Å². The molecular formula is C21H24N8O2. The van der Waals surface area contributed by atoms with Crippen molar-refractivity contribution in [1.29, 1.82) is 5.53 Å². The average Bonchev–Trinajstić information content (AvgIpc) is 3.24. The molecular weight excluding hydrogens is 396 g/mol. The van der Waals surface area contributed by atoms with Gasteiger partial charge >= 0.3 is 0 Å². The maximum absolute atomic E-state index is 12.0. The SMILES string of the molecule is CCOc1ccc(Nc2nc(N[C@@H]3CC[C@@H](n4ncccc4=O)C3)ncc2N=N)cc1. The van der Waals surface area contributed by atoms with E-state index in [-0.39, 0.29) is 17.6 Å². The number of nitrogens with one attached hydrogen (secondary N) is 3. The van der Waals surface area contributed by atoms with Crippen molar-refractivity contribution in [2.45, 2.75) is 38.3 Å². The molecule has 4 rings (SSSR count). The Morgan fingerprint density at radius 2 is 2.10 bits per heavy atom. The Labute approximate surface area is 179 Å². The third-order valence-electron chi connectivity index (χ3n) is 5.14. The summed E-state index contributed by atoms with van der Waals surface area (Å²) in [5, 5.41) is 14.2. The number of ether oxygens (including phenoxy) is 1. The van der Waals surface area contributed by atoms with Crippen LogP contribution in [0, 0.1) is 5.53 Å². The first kappa shape index (κ1) is 20.5. The molecule has 3 aromatic rings. The summed E-state index contributed by atoms with van der Waals surface area (Å²) in [4.78, 5) is 20.8. The van der Waals surface area contributed by atoms with Crippen LogP contribution in [0.5, 0.6) is 5.75 Å². The molecule has 3 N–H and O–H groups in total. The van der Waals surface area contributed by atoms with Gasteiger partial charge in [-0.25, -0.2) is 15.2 Å². The molecule has 0 bridgehead atoms. The topological polar surface area (TPSA) is 130 Å². The molecule has 10 nitrogen and oxygen atoms in total. The largest absolute Gasteiger partial charge is 0.494 e. The summed E-state index contributed by atoms with van der Waals surface area (Å²) in [7, 11) is 0. The summed E-state index contributed by atoms with van der Waals surface area (Å²) in [6.45, 7) is 2.54. The summed E-state index contributed by atoms with van der Waals surface area (Å²) in [6.07, 6.45) is 5.63. The molecule has 0 saturated heterocycles. The maximum Gasteiger partial charge on any atom is 0.266 e. The van der Waals surface area contributed by atoms with Gasteiger partial charge in [0.15, 0.2) is 5.82 Å². The van der Waals surface area contributed by atoms with Crippen LogP contribution in [0.1, 0.15) is 32.2 Å². The Morgan fingerprint density at radius 1 is 1.26 bits per heavy atom. The molecule has 0 amide bonds. The Balaban J connectivity index is 1.45. The van der Waals surface area contributed by atoms with E-state index in [1.54, 1.807) is 16.9 Å². The summed E-state index contributed by atoms with van der Waals surface area (Å²) in [6, 6.07) is 10.8. The molecule has 0 unspecified atom stereocenters. The minimum Gasteiger partial charge on any atom is -0.494 e. The predicted octanol–water partition coefficient (Wildman–Crippen LogP) is 4.04. The van der Waals surface area contributed by atoms with Gasteiger partial charge in [0.2, 0.25) is 5.95 Å². The van der Waals surface area contributed by atoms with Crippen LogP contribution < -0.4 is 20.9 Å². The smallest absolute Gasteiger partial charge is 0.266 e. The van der Waals surface area contributed by atoms with Crippen LogP contribution in [0.25, 0.3) is 0 Å². The highest BCUT2D eigenvalue weighted by atomic mass is 16.5. The van der Waals surface area contributed by atoms with E-state index in [2.05, 4.69) is 30.8 Å². The molecule has 2 heterocycles. The third kappa shape index (κ3) is 4.85. The summed E-state index contributed by atoms with van der Waals surface area (Å²) in [5.74, 6) is 1.67. The van der Waals surface area contributed by atoms with E-state index in [1.165, 1.54) is 12.3 Å². The molecule has 0 radical (unpaired) electrons. The zero-order valence-electron chi connectivity index (χ0n) is 17.2. The van der Waals surface area contributed by atoms with Gasteiger partial charge in [-0.1, -0.05) is 0 Å². The van der Waals surface area contributed by atoms with Crippen LogP contribution in [0.4, 0.5) is 23.1 Å². The number of rotatable bonds is 8. The second-order valence-corrected chi connectivity index (χ2v) is 7.24. The molecule has 1 aliphatic rings. The number of benzene rings is 1. The first-order valence-corrected chi connectivity index (χ1v) is 10.2. The van der Waals surface area contributed by atoms with Crippen molar-refractivity contribution in [3.8, 4) is 5.75 Å². The number of aromatic nitrogens is 4. The van der Waals surface area contributed by atoms with E-state index in [4.69, 9.17) is 10.3 Å². The molecule has 1 aromatic carbocycles. The van der Waals surface area contributed by atoms with Crippen LogP contribution in [0.3, 0.4) is 0 Å². The summed E-state index contributed by atoms with van der Waals surface area (Å²) in [5.41, 5.74) is 8.45. The van der Waals surface area contributed by atoms with Gasteiger partial charge in [0.1, 0.15) is 11.4 Å². The van der Waals surface area contributed by atoms with Crippen molar-refractivity contribution < 1.29 is 4.74 Å². The Bertz CT molecular complexity index is 1100.